The monoisotopic (exact) mass is 306 g/mol. The summed E-state index contributed by atoms with van der Waals surface area (Å²) in [5, 5.41) is 2.57. The zero-order chi connectivity index (χ0) is 16.3. The van der Waals surface area contributed by atoms with Gasteiger partial charge in [-0.05, 0) is 36.4 Å². The molecule has 1 N–H and O–H groups in total. The molecule has 0 aliphatic carbocycles. The Morgan fingerprint density at radius 1 is 1.09 bits per heavy atom. The number of benzene rings is 2. The molecule has 4 nitrogen and oxygen atoms in total. The topological polar surface area (TPSA) is 41.6 Å². The number of halogens is 2. The Kier molecular flexibility index (Phi) is 4.60. The molecule has 0 spiro atoms. The van der Waals surface area contributed by atoms with Gasteiger partial charge in [-0.2, -0.15) is 0 Å². The molecule has 0 aliphatic rings. The summed E-state index contributed by atoms with van der Waals surface area (Å²) in [6.07, 6.45) is 0. The number of ether oxygens (including phenoxy) is 1. The fraction of sp³-hybridized carbons (Fsp3) is 0.188. The van der Waals surface area contributed by atoms with Crippen LogP contribution in [0.2, 0.25) is 0 Å². The highest BCUT2D eigenvalue weighted by Gasteiger charge is 2.16. The number of methoxy groups -OCH3 is 1. The van der Waals surface area contributed by atoms with E-state index in [1.165, 1.54) is 26.1 Å². The number of rotatable bonds is 4. The lowest BCUT2D eigenvalue weighted by Gasteiger charge is -2.15. The van der Waals surface area contributed by atoms with Crippen molar-refractivity contribution in [3.8, 4) is 5.75 Å². The molecule has 0 aromatic heterocycles. The Bertz CT molecular complexity index is 662. The van der Waals surface area contributed by atoms with Crippen molar-refractivity contribution in [1.29, 1.82) is 0 Å². The number of hydrogen-bond acceptors (Lipinski definition) is 3. The molecule has 0 saturated heterocycles. The molecular weight excluding hydrogens is 290 g/mol. The van der Waals surface area contributed by atoms with Crippen LogP contribution in [0.1, 0.15) is 10.4 Å². The van der Waals surface area contributed by atoms with Crippen LogP contribution >= 0.6 is 0 Å². The van der Waals surface area contributed by atoms with Gasteiger partial charge in [-0.1, -0.05) is 0 Å². The van der Waals surface area contributed by atoms with Gasteiger partial charge in [0.25, 0.3) is 5.91 Å². The number of nitrogens with zero attached hydrogens (tertiary/aromatic N) is 1. The van der Waals surface area contributed by atoms with E-state index in [0.29, 0.717) is 11.4 Å². The molecule has 2 aromatic carbocycles. The highest BCUT2D eigenvalue weighted by atomic mass is 19.1. The van der Waals surface area contributed by atoms with E-state index in [-0.39, 0.29) is 11.3 Å². The average molecular weight is 306 g/mol. The summed E-state index contributed by atoms with van der Waals surface area (Å²) in [5.74, 6) is -1.52. The first-order valence-corrected chi connectivity index (χ1v) is 6.54. The van der Waals surface area contributed by atoms with Crippen molar-refractivity contribution in [2.24, 2.45) is 0 Å². The quantitative estimate of drug-likeness (QED) is 0.942. The molecule has 0 fully saturated rings. The molecule has 0 heterocycles. The van der Waals surface area contributed by atoms with E-state index in [2.05, 4.69) is 5.32 Å². The molecule has 0 unspecified atom stereocenters. The van der Waals surface area contributed by atoms with Gasteiger partial charge in [-0.3, -0.25) is 4.79 Å². The van der Waals surface area contributed by atoms with Crippen LogP contribution in [0.4, 0.5) is 20.2 Å². The third kappa shape index (κ3) is 3.33. The third-order valence-electron chi connectivity index (χ3n) is 3.07. The van der Waals surface area contributed by atoms with Gasteiger partial charge in [-0.25, -0.2) is 8.78 Å². The van der Waals surface area contributed by atoms with Crippen molar-refractivity contribution in [3.63, 3.8) is 0 Å². The van der Waals surface area contributed by atoms with E-state index in [1.807, 2.05) is 0 Å². The summed E-state index contributed by atoms with van der Waals surface area (Å²) in [5.41, 5.74) is 0.237. The molecule has 2 rings (SSSR count). The maximum atomic E-state index is 13.9. The maximum Gasteiger partial charge on any atom is 0.255 e. The Balaban J connectivity index is 2.22. The van der Waals surface area contributed by atoms with Crippen molar-refractivity contribution < 1.29 is 18.3 Å². The van der Waals surface area contributed by atoms with E-state index in [9.17, 15) is 13.6 Å². The lowest BCUT2D eigenvalue weighted by molar-refractivity contribution is 0.102. The van der Waals surface area contributed by atoms with Crippen LogP contribution < -0.4 is 15.0 Å². The van der Waals surface area contributed by atoms with E-state index in [4.69, 9.17) is 4.74 Å². The minimum absolute atomic E-state index is 0.0866. The van der Waals surface area contributed by atoms with Crippen LogP contribution in [0, 0.1) is 11.6 Å². The van der Waals surface area contributed by atoms with Crippen molar-refractivity contribution in [2.45, 2.75) is 0 Å². The summed E-state index contributed by atoms with van der Waals surface area (Å²) >= 11 is 0. The normalized spacial score (nSPS) is 10.2. The van der Waals surface area contributed by atoms with Crippen LogP contribution in [-0.2, 0) is 0 Å². The predicted molar refractivity (Wildman–Crippen MR) is 81.6 cm³/mol. The minimum Gasteiger partial charge on any atom is -0.497 e. The Labute approximate surface area is 127 Å². The second-order valence-corrected chi connectivity index (χ2v) is 4.87. The van der Waals surface area contributed by atoms with Gasteiger partial charge in [0, 0.05) is 25.3 Å². The Hall–Kier alpha value is -2.63. The van der Waals surface area contributed by atoms with Crippen LogP contribution in [0.25, 0.3) is 0 Å². The summed E-state index contributed by atoms with van der Waals surface area (Å²) in [6, 6.07) is 8.64. The molecule has 0 atom stereocenters. The van der Waals surface area contributed by atoms with E-state index in [1.54, 1.807) is 24.3 Å². The second kappa shape index (κ2) is 6.43. The Morgan fingerprint density at radius 3 is 2.09 bits per heavy atom. The Morgan fingerprint density at radius 2 is 1.64 bits per heavy atom. The van der Waals surface area contributed by atoms with Gasteiger partial charge in [-0.15, -0.1) is 0 Å². The van der Waals surface area contributed by atoms with Crippen LogP contribution in [0.3, 0.4) is 0 Å². The predicted octanol–water partition coefficient (Wildman–Crippen LogP) is 3.29. The fourth-order valence-electron chi connectivity index (χ4n) is 2.00. The summed E-state index contributed by atoms with van der Waals surface area (Å²) in [7, 11) is 4.59. The molecule has 0 radical (unpaired) electrons. The third-order valence-corrected chi connectivity index (χ3v) is 3.07. The highest BCUT2D eigenvalue weighted by Crippen LogP contribution is 2.24. The van der Waals surface area contributed by atoms with Crippen molar-refractivity contribution in [3.05, 3.63) is 53.6 Å². The van der Waals surface area contributed by atoms with Crippen molar-refractivity contribution in [2.75, 3.05) is 31.4 Å². The number of anilines is 2. The van der Waals surface area contributed by atoms with Crippen molar-refractivity contribution >= 4 is 17.3 Å². The summed E-state index contributed by atoms with van der Waals surface area (Å²) in [4.78, 5) is 13.4. The zero-order valence-corrected chi connectivity index (χ0v) is 12.5. The highest BCUT2D eigenvalue weighted by molar-refractivity contribution is 6.04. The van der Waals surface area contributed by atoms with E-state index >= 15 is 0 Å². The van der Waals surface area contributed by atoms with Gasteiger partial charge in [0.1, 0.15) is 23.1 Å². The first-order chi connectivity index (χ1) is 10.4. The van der Waals surface area contributed by atoms with Crippen LogP contribution in [-0.4, -0.2) is 27.1 Å². The smallest absolute Gasteiger partial charge is 0.255 e. The molecule has 2 aromatic rings. The second-order valence-electron chi connectivity index (χ2n) is 4.87. The SMILES string of the molecule is COc1ccc(NC(=O)c2cc(F)c(N(C)C)c(F)c2)cc1. The number of carbonyl (C=O) groups excluding carboxylic acids is 1. The lowest BCUT2D eigenvalue weighted by Crippen LogP contribution is -2.16. The maximum absolute atomic E-state index is 13.9. The first kappa shape index (κ1) is 15.8. The van der Waals surface area contributed by atoms with Gasteiger partial charge in [0.2, 0.25) is 0 Å². The zero-order valence-electron chi connectivity index (χ0n) is 12.5. The number of carbonyl (C=O) groups is 1. The number of nitrogens with one attached hydrogen (secondary N) is 1. The molecule has 1 amide bonds. The van der Waals surface area contributed by atoms with Gasteiger partial charge < -0.3 is 15.0 Å². The van der Waals surface area contributed by atoms with Gasteiger partial charge in [0.15, 0.2) is 0 Å². The molecule has 0 aliphatic heterocycles. The van der Waals surface area contributed by atoms with E-state index < -0.39 is 17.5 Å². The molecule has 22 heavy (non-hydrogen) atoms. The van der Waals surface area contributed by atoms with Crippen molar-refractivity contribution in [1.82, 2.24) is 0 Å². The molecule has 6 heteroatoms. The van der Waals surface area contributed by atoms with Gasteiger partial charge >= 0.3 is 0 Å². The van der Waals surface area contributed by atoms with Gasteiger partial charge in [0.05, 0.1) is 7.11 Å². The standard InChI is InChI=1S/C16H16F2N2O2/c1-20(2)15-13(17)8-10(9-14(15)18)16(21)19-11-4-6-12(22-3)7-5-11/h4-9H,1-3H3,(H,19,21). The number of hydrogen-bond donors (Lipinski definition) is 1. The largest absolute Gasteiger partial charge is 0.497 e. The molecular formula is C16H16F2N2O2. The minimum atomic E-state index is -0.787. The molecule has 0 bridgehead atoms. The summed E-state index contributed by atoms with van der Waals surface area (Å²) < 4.78 is 32.8. The van der Waals surface area contributed by atoms with Crippen LogP contribution in [0.15, 0.2) is 36.4 Å². The molecule has 0 saturated carbocycles. The van der Waals surface area contributed by atoms with Crippen LogP contribution in [0.5, 0.6) is 5.75 Å². The lowest BCUT2D eigenvalue weighted by atomic mass is 10.1. The molecule has 116 valence electrons. The fourth-order valence-corrected chi connectivity index (χ4v) is 2.00. The summed E-state index contributed by atoms with van der Waals surface area (Å²) in [6.45, 7) is 0. The van der Waals surface area contributed by atoms with E-state index in [0.717, 1.165) is 12.1 Å². The first-order valence-electron chi connectivity index (χ1n) is 6.54. The number of amides is 1. The average Bonchev–Trinajstić information content (AvgIpc) is 2.46.